The minimum Gasteiger partial charge on any atom is -0.393 e. The number of rotatable bonds is 4. The monoisotopic (exact) mass is 268 g/mol. The number of carbonyl (C=O) groups excluding carboxylic acids is 1. The van der Waals surface area contributed by atoms with E-state index in [1.54, 1.807) is 11.8 Å². The first-order valence-electron chi connectivity index (χ1n) is 6.03. The van der Waals surface area contributed by atoms with E-state index < -0.39 is 18.8 Å². The van der Waals surface area contributed by atoms with Gasteiger partial charge in [-0.25, -0.2) is 0 Å². The predicted molar refractivity (Wildman–Crippen MR) is 60.0 cm³/mol. The maximum absolute atomic E-state index is 12.2. The number of nitrogens with zero attached hydrogens (tertiary/aromatic N) is 2. The van der Waals surface area contributed by atoms with E-state index in [1.807, 2.05) is 0 Å². The summed E-state index contributed by atoms with van der Waals surface area (Å²) in [5.41, 5.74) is 0. The van der Waals surface area contributed by atoms with E-state index in [0.29, 0.717) is 19.5 Å². The van der Waals surface area contributed by atoms with E-state index >= 15 is 0 Å². The van der Waals surface area contributed by atoms with Gasteiger partial charge >= 0.3 is 6.18 Å². The van der Waals surface area contributed by atoms with Gasteiger partial charge in [-0.2, -0.15) is 13.2 Å². The van der Waals surface area contributed by atoms with Crippen molar-refractivity contribution in [3.05, 3.63) is 0 Å². The van der Waals surface area contributed by atoms with Crippen molar-refractivity contribution in [3.8, 4) is 0 Å². The fourth-order valence-corrected chi connectivity index (χ4v) is 1.90. The number of carbonyl (C=O) groups is 1. The molecule has 1 aliphatic heterocycles. The molecule has 0 saturated carbocycles. The highest BCUT2D eigenvalue weighted by molar-refractivity contribution is 5.76. The smallest absolute Gasteiger partial charge is 0.393 e. The van der Waals surface area contributed by atoms with Gasteiger partial charge in [-0.1, -0.05) is 0 Å². The molecule has 1 atom stereocenters. The van der Waals surface area contributed by atoms with Gasteiger partial charge < -0.3 is 10.0 Å². The minimum absolute atomic E-state index is 0.0949. The first-order chi connectivity index (χ1) is 8.28. The summed E-state index contributed by atoms with van der Waals surface area (Å²) in [6.45, 7) is 1.85. The summed E-state index contributed by atoms with van der Waals surface area (Å²) < 4.78 is 36.5. The SMILES string of the molecule is CC(O)CCC(=O)N1CCN(CC(F)(F)F)CC1. The van der Waals surface area contributed by atoms with Crippen LogP contribution in [0, 0.1) is 0 Å². The van der Waals surface area contributed by atoms with Gasteiger partial charge in [-0.05, 0) is 13.3 Å². The lowest BCUT2D eigenvalue weighted by Gasteiger charge is -2.35. The van der Waals surface area contributed by atoms with Crippen LogP contribution in [0.2, 0.25) is 0 Å². The Balaban J connectivity index is 2.28. The minimum atomic E-state index is -4.18. The Kier molecular flexibility index (Phi) is 5.40. The van der Waals surface area contributed by atoms with Gasteiger partial charge in [-0.15, -0.1) is 0 Å². The Morgan fingerprint density at radius 1 is 1.28 bits per heavy atom. The topological polar surface area (TPSA) is 43.8 Å². The van der Waals surface area contributed by atoms with Crippen LogP contribution in [0.5, 0.6) is 0 Å². The summed E-state index contributed by atoms with van der Waals surface area (Å²) in [6, 6.07) is 0. The molecule has 1 saturated heterocycles. The number of amides is 1. The molecule has 1 fully saturated rings. The van der Waals surface area contributed by atoms with Crippen LogP contribution in [0.1, 0.15) is 19.8 Å². The number of aliphatic hydroxyl groups is 1. The van der Waals surface area contributed by atoms with Crippen molar-refractivity contribution < 1.29 is 23.1 Å². The molecule has 1 rings (SSSR count). The number of hydrogen-bond donors (Lipinski definition) is 1. The molecule has 0 spiro atoms. The van der Waals surface area contributed by atoms with Gasteiger partial charge in [0.1, 0.15) is 0 Å². The van der Waals surface area contributed by atoms with Gasteiger partial charge in [0.25, 0.3) is 0 Å². The first-order valence-corrected chi connectivity index (χ1v) is 6.03. The third-order valence-electron chi connectivity index (χ3n) is 2.90. The Morgan fingerprint density at radius 3 is 2.28 bits per heavy atom. The Bertz CT molecular complexity index is 274. The van der Waals surface area contributed by atoms with Gasteiger partial charge in [0.2, 0.25) is 5.91 Å². The summed E-state index contributed by atoms with van der Waals surface area (Å²) in [4.78, 5) is 14.5. The fourth-order valence-electron chi connectivity index (χ4n) is 1.90. The molecule has 0 radical (unpaired) electrons. The Hall–Kier alpha value is -0.820. The molecule has 1 heterocycles. The van der Waals surface area contributed by atoms with Crippen LogP contribution in [0.15, 0.2) is 0 Å². The van der Waals surface area contributed by atoms with E-state index in [9.17, 15) is 18.0 Å². The molecule has 18 heavy (non-hydrogen) atoms. The molecule has 0 aliphatic carbocycles. The van der Waals surface area contributed by atoms with Crippen LogP contribution >= 0.6 is 0 Å². The van der Waals surface area contributed by atoms with E-state index in [4.69, 9.17) is 5.11 Å². The first kappa shape index (κ1) is 15.2. The molecular weight excluding hydrogens is 249 g/mol. The third-order valence-corrected chi connectivity index (χ3v) is 2.90. The van der Waals surface area contributed by atoms with Gasteiger partial charge in [0.15, 0.2) is 0 Å². The van der Waals surface area contributed by atoms with Crippen LogP contribution in [0.3, 0.4) is 0 Å². The highest BCUT2D eigenvalue weighted by atomic mass is 19.4. The van der Waals surface area contributed by atoms with Crippen molar-refractivity contribution in [1.82, 2.24) is 9.80 Å². The molecule has 1 N–H and O–H groups in total. The lowest BCUT2D eigenvalue weighted by atomic mass is 10.2. The van der Waals surface area contributed by atoms with Gasteiger partial charge in [0, 0.05) is 32.6 Å². The average molecular weight is 268 g/mol. The quantitative estimate of drug-likeness (QED) is 0.822. The largest absolute Gasteiger partial charge is 0.401 e. The summed E-state index contributed by atoms with van der Waals surface area (Å²) in [6.07, 6.45) is -4.07. The molecule has 0 aromatic carbocycles. The van der Waals surface area contributed by atoms with E-state index in [1.165, 1.54) is 4.90 Å². The number of aliphatic hydroxyl groups excluding tert-OH is 1. The second-order valence-electron chi connectivity index (χ2n) is 4.66. The van der Waals surface area contributed by atoms with Crippen LogP contribution in [0.25, 0.3) is 0 Å². The van der Waals surface area contributed by atoms with Gasteiger partial charge in [-0.3, -0.25) is 9.69 Å². The molecule has 0 bridgehead atoms. The van der Waals surface area contributed by atoms with Crippen LogP contribution < -0.4 is 0 Å². The van der Waals surface area contributed by atoms with Crippen LogP contribution in [-0.4, -0.2) is 65.8 Å². The van der Waals surface area contributed by atoms with Crippen molar-refractivity contribution in [2.75, 3.05) is 32.7 Å². The zero-order valence-corrected chi connectivity index (χ0v) is 10.4. The summed E-state index contributed by atoms with van der Waals surface area (Å²) in [7, 11) is 0. The predicted octanol–water partition coefficient (Wildman–Crippen LogP) is 0.854. The van der Waals surface area contributed by atoms with Crippen LogP contribution in [0.4, 0.5) is 13.2 Å². The summed E-state index contributed by atoms with van der Waals surface area (Å²) in [5, 5.41) is 9.07. The molecule has 0 aromatic heterocycles. The van der Waals surface area contributed by atoms with Crippen molar-refractivity contribution >= 4 is 5.91 Å². The highest BCUT2D eigenvalue weighted by Gasteiger charge is 2.32. The normalized spacial score (nSPS) is 19.9. The van der Waals surface area contributed by atoms with Gasteiger partial charge in [0.05, 0.1) is 12.6 Å². The maximum atomic E-state index is 12.2. The lowest BCUT2D eigenvalue weighted by molar-refractivity contribution is -0.151. The van der Waals surface area contributed by atoms with E-state index in [0.717, 1.165) is 0 Å². The molecule has 0 aromatic rings. The average Bonchev–Trinajstić information content (AvgIpc) is 2.24. The zero-order valence-electron chi connectivity index (χ0n) is 10.4. The maximum Gasteiger partial charge on any atom is 0.401 e. The number of piperazine rings is 1. The van der Waals surface area contributed by atoms with Crippen molar-refractivity contribution in [1.29, 1.82) is 0 Å². The molecular formula is C11H19F3N2O2. The molecule has 1 amide bonds. The number of halogens is 3. The zero-order chi connectivity index (χ0) is 13.8. The molecule has 106 valence electrons. The number of hydrogen-bond acceptors (Lipinski definition) is 3. The standard InChI is InChI=1S/C11H19F3N2O2/c1-9(17)2-3-10(18)16-6-4-15(5-7-16)8-11(12,13)14/h9,17H,2-8H2,1H3. The van der Waals surface area contributed by atoms with Crippen LogP contribution in [-0.2, 0) is 4.79 Å². The highest BCUT2D eigenvalue weighted by Crippen LogP contribution is 2.17. The summed E-state index contributed by atoms with van der Waals surface area (Å²) in [5.74, 6) is -0.0949. The second kappa shape index (κ2) is 6.38. The second-order valence-corrected chi connectivity index (χ2v) is 4.66. The molecule has 7 heteroatoms. The van der Waals surface area contributed by atoms with E-state index in [2.05, 4.69) is 0 Å². The molecule has 1 unspecified atom stereocenters. The molecule has 1 aliphatic rings. The lowest BCUT2D eigenvalue weighted by Crippen LogP contribution is -2.50. The summed E-state index contributed by atoms with van der Waals surface area (Å²) >= 11 is 0. The fraction of sp³-hybridized carbons (Fsp3) is 0.909. The third kappa shape index (κ3) is 5.68. The molecule has 4 nitrogen and oxygen atoms in total. The van der Waals surface area contributed by atoms with Crippen molar-refractivity contribution in [3.63, 3.8) is 0 Å². The Labute approximate surface area is 104 Å². The van der Waals surface area contributed by atoms with Crippen molar-refractivity contribution in [2.24, 2.45) is 0 Å². The number of alkyl halides is 3. The van der Waals surface area contributed by atoms with Crippen molar-refractivity contribution in [2.45, 2.75) is 32.0 Å². The van der Waals surface area contributed by atoms with E-state index in [-0.39, 0.29) is 25.4 Å². The Morgan fingerprint density at radius 2 is 1.83 bits per heavy atom.